The molecule has 0 saturated carbocycles. The van der Waals surface area contributed by atoms with Gasteiger partial charge in [-0.1, -0.05) is 202 Å². The van der Waals surface area contributed by atoms with E-state index in [0.717, 1.165) is 70.6 Å². The number of unbranched alkanes of at least 4 members (excludes halogenated alkanes) is 20. The maximum atomic E-state index is 12.7. The molecule has 0 aliphatic carbocycles. The topological polar surface area (TPSA) is 155 Å². The molecule has 62 heavy (non-hydrogen) atoms. The third-order valence-corrected chi connectivity index (χ3v) is 11.2. The lowest BCUT2D eigenvalue weighted by Crippen LogP contribution is -2.34. The molecule has 4 N–H and O–H groups in total. The lowest BCUT2D eigenvalue weighted by molar-refractivity contribution is -0.154. The lowest BCUT2D eigenvalue weighted by Gasteiger charge is -2.20. The van der Waals surface area contributed by atoms with Gasteiger partial charge >= 0.3 is 19.8 Å². The fourth-order valence-corrected chi connectivity index (χ4v) is 7.27. The number of phosphoric acid groups is 1. The Morgan fingerprint density at radius 3 is 1.37 bits per heavy atom. The molecule has 0 heterocycles. The molecule has 0 rings (SSSR count). The molecule has 0 radical (unpaired) electrons. The number of ether oxygens (including phenoxy) is 2. The quantitative estimate of drug-likeness (QED) is 0.0233. The molecule has 0 amide bonds. The maximum Gasteiger partial charge on any atom is 0.472 e. The summed E-state index contributed by atoms with van der Waals surface area (Å²) in [6.07, 6.45) is 58.2. The van der Waals surface area contributed by atoms with Crippen molar-refractivity contribution in [3.05, 3.63) is 72.9 Å². The average molecular weight is 892 g/mol. The molecule has 3 atom stereocenters. The number of carboxylic acid groups (broad SMARTS) is 1. The predicted octanol–water partition coefficient (Wildman–Crippen LogP) is 14.2. The summed E-state index contributed by atoms with van der Waals surface area (Å²) in [5.74, 6) is -1.82. The van der Waals surface area contributed by atoms with Gasteiger partial charge in [0.1, 0.15) is 12.1 Å². The Morgan fingerprint density at radius 2 is 0.935 bits per heavy atom. The Morgan fingerprint density at radius 1 is 0.532 bits per heavy atom. The molecule has 10 nitrogen and oxygen atoms in total. The molecule has 3 unspecified atom stereocenters. The van der Waals surface area contributed by atoms with E-state index in [-0.39, 0.29) is 13.0 Å². The van der Waals surface area contributed by atoms with Crippen LogP contribution >= 0.6 is 7.82 Å². The summed E-state index contributed by atoms with van der Waals surface area (Å²) in [5, 5.41) is 8.92. The summed E-state index contributed by atoms with van der Waals surface area (Å²) in [6.45, 7) is 3.73. The molecule has 11 heteroatoms. The van der Waals surface area contributed by atoms with Crippen molar-refractivity contribution in [3.8, 4) is 0 Å². The van der Waals surface area contributed by atoms with Gasteiger partial charge in [0, 0.05) is 13.0 Å². The first-order valence-corrected chi connectivity index (χ1v) is 26.0. The van der Waals surface area contributed by atoms with Gasteiger partial charge in [-0.15, -0.1) is 0 Å². The van der Waals surface area contributed by atoms with Crippen molar-refractivity contribution in [2.24, 2.45) is 5.73 Å². The van der Waals surface area contributed by atoms with Crippen LogP contribution in [0.25, 0.3) is 0 Å². The van der Waals surface area contributed by atoms with Crippen LogP contribution in [0.1, 0.15) is 200 Å². The monoisotopic (exact) mass is 892 g/mol. The van der Waals surface area contributed by atoms with E-state index in [1.165, 1.54) is 103 Å². The van der Waals surface area contributed by atoms with Crippen molar-refractivity contribution in [2.45, 2.75) is 212 Å². The van der Waals surface area contributed by atoms with E-state index in [9.17, 15) is 19.0 Å². The molecule has 0 bridgehead atoms. The zero-order chi connectivity index (χ0) is 45.5. The van der Waals surface area contributed by atoms with Crippen molar-refractivity contribution in [2.75, 3.05) is 26.4 Å². The van der Waals surface area contributed by atoms with Crippen LogP contribution in [0.15, 0.2) is 72.9 Å². The van der Waals surface area contributed by atoms with Gasteiger partial charge in [0.05, 0.1) is 19.8 Å². The van der Waals surface area contributed by atoms with E-state index < -0.39 is 45.1 Å². The van der Waals surface area contributed by atoms with Gasteiger partial charge in [0.15, 0.2) is 0 Å². The standard InChI is InChI=1S/C51H90NO9P/c1-3-5-7-9-11-13-15-17-19-21-23-24-25-27-29-31-33-35-37-39-41-43-50(53)61-48(46-59-62(56,57)60-47-49(52)51(54)55)45-58-44-42-40-38-36-34-32-30-28-26-22-20-18-16-14-12-10-8-6-4-2/h5,7,11,13,17,19,23-24,27,29,33,35,48-49H,3-4,6,8-10,12,14-16,18,20-22,25-26,28,30-32,34,36-47,52H2,1-2H3,(H,54,55)(H,56,57)/b7-5-,13-11-,19-17-,24-23-,29-27-,35-33-. The van der Waals surface area contributed by atoms with Gasteiger partial charge < -0.3 is 25.2 Å². The molecular formula is C51H90NO9P. The summed E-state index contributed by atoms with van der Waals surface area (Å²) < 4.78 is 33.4. The van der Waals surface area contributed by atoms with Crippen molar-refractivity contribution >= 4 is 19.8 Å². The Balaban J connectivity index is 4.26. The van der Waals surface area contributed by atoms with E-state index in [0.29, 0.717) is 13.0 Å². The van der Waals surface area contributed by atoms with Crippen LogP contribution in [0.4, 0.5) is 0 Å². The third-order valence-electron chi connectivity index (χ3n) is 10.3. The summed E-state index contributed by atoms with van der Waals surface area (Å²) in [5.41, 5.74) is 5.37. The summed E-state index contributed by atoms with van der Waals surface area (Å²) >= 11 is 0. The fourth-order valence-electron chi connectivity index (χ4n) is 6.49. The highest BCUT2D eigenvalue weighted by molar-refractivity contribution is 7.47. The van der Waals surface area contributed by atoms with Crippen molar-refractivity contribution < 1.29 is 42.7 Å². The molecule has 0 spiro atoms. The van der Waals surface area contributed by atoms with E-state index >= 15 is 0 Å². The van der Waals surface area contributed by atoms with Crippen LogP contribution in [-0.4, -0.2) is 60.5 Å². The van der Waals surface area contributed by atoms with E-state index in [4.69, 9.17) is 29.4 Å². The SMILES string of the molecule is CC/C=C\C/C=C\C/C=C\C/C=C\C/C=C\C/C=C\CCCCC(=O)OC(COCCCCCCCCCCCCCCCCCCCCC)COP(=O)(O)OCC(N)C(=O)O. The van der Waals surface area contributed by atoms with Crippen LogP contribution in [0, 0.1) is 0 Å². The smallest absolute Gasteiger partial charge is 0.472 e. The zero-order valence-corrected chi connectivity index (χ0v) is 40.1. The number of carbonyl (C=O) groups excluding carboxylic acids is 1. The number of phosphoric ester groups is 1. The third kappa shape index (κ3) is 45.4. The van der Waals surface area contributed by atoms with Gasteiger partial charge in [-0.05, 0) is 64.2 Å². The number of allylic oxidation sites excluding steroid dienone is 12. The normalized spacial score (nSPS) is 14.4. The highest BCUT2D eigenvalue weighted by Crippen LogP contribution is 2.43. The molecule has 0 aromatic carbocycles. The minimum Gasteiger partial charge on any atom is -0.480 e. The van der Waals surface area contributed by atoms with E-state index in [2.05, 4.69) is 86.8 Å². The Bertz CT molecular complexity index is 1260. The number of rotatable bonds is 46. The second-order valence-electron chi connectivity index (χ2n) is 16.2. The lowest BCUT2D eigenvalue weighted by atomic mass is 10.0. The Kier molecular flexibility index (Phi) is 44.5. The minimum absolute atomic E-state index is 0.00202. The van der Waals surface area contributed by atoms with Crippen LogP contribution in [-0.2, 0) is 32.7 Å². The van der Waals surface area contributed by atoms with Gasteiger partial charge in [-0.2, -0.15) is 0 Å². The molecule has 358 valence electrons. The maximum absolute atomic E-state index is 12.7. The van der Waals surface area contributed by atoms with Crippen molar-refractivity contribution in [1.82, 2.24) is 0 Å². The minimum atomic E-state index is -4.64. The fraction of sp³-hybridized carbons (Fsp3) is 0.725. The first-order valence-electron chi connectivity index (χ1n) is 24.5. The Labute approximate surface area is 378 Å². The highest BCUT2D eigenvalue weighted by Gasteiger charge is 2.27. The number of nitrogens with two attached hydrogens (primary N) is 1. The number of hydrogen-bond donors (Lipinski definition) is 3. The molecule has 0 aliphatic heterocycles. The molecule has 0 aliphatic rings. The largest absolute Gasteiger partial charge is 0.480 e. The summed E-state index contributed by atoms with van der Waals surface area (Å²) in [7, 11) is -4.64. The number of aliphatic carboxylic acids is 1. The molecule has 0 saturated heterocycles. The number of hydrogen-bond acceptors (Lipinski definition) is 8. The van der Waals surface area contributed by atoms with E-state index in [1.54, 1.807) is 0 Å². The van der Waals surface area contributed by atoms with Gasteiger partial charge in [-0.25, -0.2) is 4.57 Å². The summed E-state index contributed by atoms with van der Waals surface area (Å²) in [6, 6.07) is -1.48. The van der Waals surface area contributed by atoms with Crippen LogP contribution in [0.5, 0.6) is 0 Å². The first kappa shape index (κ1) is 59.4. The highest BCUT2D eigenvalue weighted by atomic mass is 31.2. The van der Waals surface area contributed by atoms with Crippen LogP contribution in [0.2, 0.25) is 0 Å². The predicted molar refractivity (Wildman–Crippen MR) is 258 cm³/mol. The zero-order valence-electron chi connectivity index (χ0n) is 39.2. The number of carboxylic acids is 1. The molecular weight excluding hydrogens is 802 g/mol. The second-order valence-corrected chi connectivity index (χ2v) is 17.7. The molecule has 0 aromatic heterocycles. The molecule has 0 aromatic rings. The second kappa shape index (κ2) is 46.4. The van der Waals surface area contributed by atoms with Gasteiger partial charge in [0.2, 0.25) is 0 Å². The first-order chi connectivity index (χ1) is 30.2. The average Bonchev–Trinajstić information content (AvgIpc) is 3.25. The number of esters is 1. The van der Waals surface area contributed by atoms with Crippen LogP contribution < -0.4 is 5.73 Å². The van der Waals surface area contributed by atoms with Crippen LogP contribution in [0.3, 0.4) is 0 Å². The van der Waals surface area contributed by atoms with E-state index in [1.807, 2.05) is 0 Å². The molecule has 0 fully saturated rings. The van der Waals surface area contributed by atoms with Crippen molar-refractivity contribution in [3.63, 3.8) is 0 Å². The van der Waals surface area contributed by atoms with Gasteiger partial charge in [-0.3, -0.25) is 18.6 Å². The van der Waals surface area contributed by atoms with Crippen molar-refractivity contribution in [1.29, 1.82) is 0 Å². The number of carbonyl (C=O) groups is 2. The summed E-state index contributed by atoms with van der Waals surface area (Å²) in [4.78, 5) is 33.6. The van der Waals surface area contributed by atoms with Gasteiger partial charge in [0.25, 0.3) is 0 Å². The Hall–Kier alpha value is -2.59.